The first kappa shape index (κ1) is 14.2. The molecular weight excluding hydrogens is 292 g/mol. The van der Waals surface area contributed by atoms with E-state index >= 15 is 0 Å². The van der Waals surface area contributed by atoms with Crippen LogP contribution in [0.4, 0.5) is 0 Å². The molecule has 0 radical (unpaired) electrons. The van der Waals surface area contributed by atoms with Gasteiger partial charge in [-0.05, 0) is 38.2 Å². The molecule has 0 aliphatic heterocycles. The number of hydrogen-bond donors (Lipinski definition) is 1. The van der Waals surface area contributed by atoms with Gasteiger partial charge in [-0.1, -0.05) is 41.6 Å². The van der Waals surface area contributed by atoms with Crippen LogP contribution in [0.2, 0.25) is 0 Å². The van der Waals surface area contributed by atoms with Crippen LogP contribution in [-0.4, -0.2) is 21.2 Å². The highest BCUT2D eigenvalue weighted by Gasteiger charge is 2.56. The maximum atomic E-state index is 11.2. The molecule has 1 aromatic heterocycles. The average molecular weight is 310 g/mol. The molecule has 1 N–H and O–H groups in total. The standard InChI is InChI=1S/C18H18N2O3/c1-11-3-5-13(6-4-11)18(9-10-18)15-19-16(23-20-15)17(7-8-17)12(2)14(21)22/h3-6H,2,7-10H2,1H3,(H,21,22). The Balaban J connectivity index is 1.68. The molecule has 1 aromatic carbocycles. The van der Waals surface area contributed by atoms with Crippen molar-refractivity contribution in [2.24, 2.45) is 0 Å². The first-order valence-electron chi connectivity index (χ1n) is 7.82. The zero-order valence-corrected chi connectivity index (χ0v) is 13.0. The Morgan fingerprint density at radius 2 is 1.87 bits per heavy atom. The van der Waals surface area contributed by atoms with E-state index in [0.29, 0.717) is 24.6 Å². The lowest BCUT2D eigenvalue weighted by Crippen LogP contribution is -2.18. The predicted octanol–water partition coefficient (Wildman–Crippen LogP) is 3.13. The van der Waals surface area contributed by atoms with Gasteiger partial charge in [-0.2, -0.15) is 4.98 Å². The fraction of sp³-hybridized carbons (Fsp3) is 0.389. The Hall–Kier alpha value is -2.43. The van der Waals surface area contributed by atoms with Gasteiger partial charge in [-0.3, -0.25) is 0 Å². The number of rotatable bonds is 5. The largest absolute Gasteiger partial charge is 0.478 e. The molecule has 0 bridgehead atoms. The van der Waals surface area contributed by atoms with E-state index in [0.717, 1.165) is 12.8 Å². The highest BCUT2D eigenvalue weighted by Crippen LogP contribution is 2.56. The number of nitrogens with zero attached hydrogens (tertiary/aromatic N) is 2. The molecule has 2 fully saturated rings. The smallest absolute Gasteiger partial charge is 0.332 e. The van der Waals surface area contributed by atoms with E-state index in [1.54, 1.807) is 0 Å². The topological polar surface area (TPSA) is 76.2 Å². The summed E-state index contributed by atoms with van der Waals surface area (Å²) >= 11 is 0. The van der Waals surface area contributed by atoms with Crippen LogP contribution in [0.15, 0.2) is 40.9 Å². The molecule has 23 heavy (non-hydrogen) atoms. The summed E-state index contributed by atoms with van der Waals surface area (Å²) in [6.45, 7) is 5.75. The van der Waals surface area contributed by atoms with E-state index in [1.165, 1.54) is 11.1 Å². The Bertz CT molecular complexity index is 796. The van der Waals surface area contributed by atoms with E-state index in [-0.39, 0.29) is 11.0 Å². The van der Waals surface area contributed by atoms with Crippen LogP contribution in [0.25, 0.3) is 0 Å². The van der Waals surface area contributed by atoms with E-state index < -0.39 is 11.4 Å². The fourth-order valence-electron chi connectivity index (χ4n) is 3.23. The van der Waals surface area contributed by atoms with Crippen molar-refractivity contribution in [3.63, 3.8) is 0 Å². The van der Waals surface area contributed by atoms with Gasteiger partial charge in [0, 0.05) is 5.57 Å². The average Bonchev–Trinajstić information content (AvgIpc) is 3.46. The second-order valence-electron chi connectivity index (χ2n) is 6.74. The third-order valence-corrected chi connectivity index (χ3v) is 5.20. The van der Waals surface area contributed by atoms with Crippen molar-refractivity contribution in [3.05, 3.63) is 59.3 Å². The molecule has 2 saturated carbocycles. The monoisotopic (exact) mass is 310 g/mol. The molecule has 5 heteroatoms. The SMILES string of the molecule is C=C(C(=O)O)C1(c2nc(C3(c4ccc(C)cc4)CC3)no2)CC1. The van der Waals surface area contributed by atoms with Crippen molar-refractivity contribution in [2.45, 2.75) is 43.4 Å². The molecule has 2 aliphatic rings. The molecule has 0 amide bonds. The van der Waals surface area contributed by atoms with Crippen LogP contribution in [0.5, 0.6) is 0 Å². The Morgan fingerprint density at radius 3 is 2.39 bits per heavy atom. The zero-order chi connectivity index (χ0) is 16.2. The van der Waals surface area contributed by atoms with Crippen molar-refractivity contribution in [1.29, 1.82) is 0 Å². The number of benzene rings is 1. The van der Waals surface area contributed by atoms with Gasteiger partial charge in [0.2, 0.25) is 5.89 Å². The van der Waals surface area contributed by atoms with E-state index in [9.17, 15) is 9.90 Å². The summed E-state index contributed by atoms with van der Waals surface area (Å²) in [5, 5.41) is 13.4. The van der Waals surface area contributed by atoms with Crippen LogP contribution in [-0.2, 0) is 15.6 Å². The van der Waals surface area contributed by atoms with Gasteiger partial charge in [0.25, 0.3) is 0 Å². The van der Waals surface area contributed by atoms with Gasteiger partial charge in [-0.25, -0.2) is 4.79 Å². The molecule has 5 nitrogen and oxygen atoms in total. The Kier molecular flexibility index (Phi) is 2.80. The van der Waals surface area contributed by atoms with E-state index in [2.05, 4.69) is 47.9 Å². The third-order valence-electron chi connectivity index (χ3n) is 5.20. The summed E-state index contributed by atoms with van der Waals surface area (Å²) in [5.74, 6) is 0.0704. The maximum absolute atomic E-state index is 11.2. The Labute approximate surface area is 134 Å². The summed E-state index contributed by atoms with van der Waals surface area (Å²) in [4.78, 5) is 15.8. The summed E-state index contributed by atoms with van der Waals surface area (Å²) in [5.41, 5.74) is 1.73. The molecule has 2 aliphatic carbocycles. The zero-order valence-electron chi connectivity index (χ0n) is 13.0. The van der Waals surface area contributed by atoms with Crippen molar-refractivity contribution >= 4 is 5.97 Å². The van der Waals surface area contributed by atoms with Gasteiger partial charge < -0.3 is 9.63 Å². The number of carboxylic acids is 1. The van der Waals surface area contributed by atoms with Gasteiger partial charge in [-0.15, -0.1) is 0 Å². The number of aryl methyl sites for hydroxylation is 1. The van der Waals surface area contributed by atoms with Crippen LogP contribution >= 0.6 is 0 Å². The molecule has 4 rings (SSSR count). The minimum atomic E-state index is -0.998. The van der Waals surface area contributed by atoms with Gasteiger partial charge in [0.05, 0.1) is 10.8 Å². The van der Waals surface area contributed by atoms with Crippen molar-refractivity contribution in [2.75, 3.05) is 0 Å². The summed E-state index contributed by atoms with van der Waals surface area (Å²) in [6.07, 6.45) is 3.39. The van der Waals surface area contributed by atoms with Crippen LogP contribution < -0.4 is 0 Å². The van der Waals surface area contributed by atoms with Crippen molar-refractivity contribution in [1.82, 2.24) is 10.1 Å². The van der Waals surface area contributed by atoms with E-state index in [1.807, 2.05) is 0 Å². The molecule has 2 aromatic rings. The number of hydrogen-bond acceptors (Lipinski definition) is 4. The van der Waals surface area contributed by atoms with Gasteiger partial charge in [0.1, 0.15) is 0 Å². The summed E-state index contributed by atoms with van der Waals surface area (Å²) < 4.78 is 5.45. The molecule has 1 heterocycles. The minimum absolute atomic E-state index is 0.146. The molecular formula is C18H18N2O3. The summed E-state index contributed by atoms with van der Waals surface area (Å²) in [7, 11) is 0. The normalized spacial score (nSPS) is 20.0. The first-order valence-corrected chi connectivity index (χ1v) is 7.82. The number of carboxylic acid groups (broad SMARTS) is 1. The van der Waals surface area contributed by atoms with Crippen molar-refractivity contribution in [3.8, 4) is 0 Å². The second-order valence-corrected chi connectivity index (χ2v) is 6.74. The second kappa shape index (κ2) is 4.54. The number of aliphatic carboxylic acids is 1. The molecule has 0 spiro atoms. The first-order chi connectivity index (χ1) is 11.0. The van der Waals surface area contributed by atoms with Gasteiger partial charge >= 0.3 is 5.97 Å². The third kappa shape index (κ3) is 2.03. The molecule has 0 unspecified atom stereocenters. The van der Waals surface area contributed by atoms with Crippen LogP contribution in [0.1, 0.15) is 48.5 Å². The van der Waals surface area contributed by atoms with Crippen LogP contribution in [0.3, 0.4) is 0 Å². The lowest BCUT2D eigenvalue weighted by Gasteiger charge is -2.12. The highest BCUT2D eigenvalue weighted by atomic mass is 16.5. The fourth-order valence-corrected chi connectivity index (χ4v) is 3.23. The van der Waals surface area contributed by atoms with E-state index in [4.69, 9.17) is 4.52 Å². The molecule has 118 valence electrons. The van der Waals surface area contributed by atoms with Crippen LogP contribution in [0, 0.1) is 6.92 Å². The Morgan fingerprint density at radius 1 is 1.22 bits per heavy atom. The number of carbonyl (C=O) groups is 1. The quantitative estimate of drug-likeness (QED) is 0.859. The van der Waals surface area contributed by atoms with Gasteiger partial charge in [0.15, 0.2) is 5.82 Å². The molecule has 0 saturated heterocycles. The minimum Gasteiger partial charge on any atom is -0.478 e. The molecule has 0 atom stereocenters. The maximum Gasteiger partial charge on any atom is 0.332 e. The number of aromatic nitrogens is 2. The lowest BCUT2D eigenvalue weighted by molar-refractivity contribution is -0.133. The lowest BCUT2D eigenvalue weighted by atomic mass is 9.94. The van der Waals surface area contributed by atoms with Crippen molar-refractivity contribution < 1.29 is 14.4 Å². The predicted molar refractivity (Wildman–Crippen MR) is 83.2 cm³/mol. The summed E-state index contributed by atoms with van der Waals surface area (Å²) in [6, 6.07) is 8.40. The highest BCUT2D eigenvalue weighted by molar-refractivity contribution is 5.89.